The van der Waals surface area contributed by atoms with Crippen LogP contribution in [-0.2, 0) is 14.4 Å². The summed E-state index contributed by atoms with van der Waals surface area (Å²) in [5.74, 6) is -0.0371. The first kappa shape index (κ1) is 17.8. The number of benzene rings is 1. The third-order valence-electron chi connectivity index (χ3n) is 4.50. The molecule has 0 radical (unpaired) electrons. The predicted octanol–water partition coefficient (Wildman–Crippen LogP) is 1.82. The van der Waals surface area contributed by atoms with E-state index in [-0.39, 0.29) is 30.1 Å². The number of nitrogens with one attached hydrogen (secondary N) is 1. The van der Waals surface area contributed by atoms with Gasteiger partial charge < -0.3 is 15.1 Å². The van der Waals surface area contributed by atoms with Crippen LogP contribution in [0.5, 0.6) is 0 Å². The number of para-hydroxylation sites is 1. The fourth-order valence-electron chi connectivity index (χ4n) is 3.06. The minimum Gasteiger partial charge on any atom is -0.339 e. The molecule has 25 heavy (non-hydrogen) atoms. The SMILES string of the molecule is CC(C)C(=O)N1CCN(C(=O)CC2Sc3ccccc3NC2=O)CC1. The highest BCUT2D eigenvalue weighted by molar-refractivity contribution is 8.01. The third-order valence-corrected chi connectivity index (χ3v) is 5.78. The lowest BCUT2D eigenvalue weighted by Gasteiger charge is -2.36. The van der Waals surface area contributed by atoms with Crippen LogP contribution in [-0.4, -0.2) is 59.0 Å². The molecule has 0 bridgehead atoms. The van der Waals surface area contributed by atoms with Gasteiger partial charge in [-0.2, -0.15) is 0 Å². The summed E-state index contributed by atoms with van der Waals surface area (Å²) in [6, 6.07) is 7.62. The van der Waals surface area contributed by atoms with Crippen molar-refractivity contribution in [1.29, 1.82) is 0 Å². The number of anilines is 1. The van der Waals surface area contributed by atoms with Crippen molar-refractivity contribution in [3.63, 3.8) is 0 Å². The van der Waals surface area contributed by atoms with E-state index < -0.39 is 5.25 Å². The van der Waals surface area contributed by atoms with E-state index in [2.05, 4.69) is 5.32 Å². The van der Waals surface area contributed by atoms with E-state index in [4.69, 9.17) is 0 Å². The second-order valence-electron chi connectivity index (χ2n) is 6.66. The van der Waals surface area contributed by atoms with Crippen molar-refractivity contribution in [2.45, 2.75) is 30.4 Å². The number of carbonyl (C=O) groups excluding carboxylic acids is 3. The zero-order valence-electron chi connectivity index (χ0n) is 14.5. The summed E-state index contributed by atoms with van der Waals surface area (Å²) in [6.45, 7) is 5.97. The molecule has 1 unspecified atom stereocenters. The van der Waals surface area contributed by atoms with Gasteiger partial charge in [-0.3, -0.25) is 14.4 Å². The van der Waals surface area contributed by atoms with E-state index in [0.717, 1.165) is 10.6 Å². The molecule has 3 amide bonds. The van der Waals surface area contributed by atoms with Gasteiger partial charge in [0.1, 0.15) is 0 Å². The zero-order valence-corrected chi connectivity index (χ0v) is 15.3. The number of hydrogen-bond donors (Lipinski definition) is 1. The smallest absolute Gasteiger partial charge is 0.238 e. The van der Waals surface area contributed by atoms with Gasteiger partial charge in [-0.25, -0.2) is 0 Å². The van der Waals surface area contributed by atoms with Crippen LogP contribution >= 0.6 is 11.8 Å². The third kappa shape index (κ3) is 3.98. The molecular weight excluding hydrogens is 338 g/mol. The summed E-state index contributed by atoms with van der Waals surface area (Å²) >= 11 is 1.44. The Balaban J connectivity index is 1.55. The van der Waals surface area contributed by atoms with Crippen LogP contribution in [0.1, 0.15) is 20.3 Å². The Morgan fingerprint density at radius 2 is 1.80 bits per heavy atom. The number of fused-ring (bicyclic) bond motifs is 1. The van der Waals surface area contributed by atoms with Crippen molar-refractivity contribution in [3.05, 3.63) is 24.3 Å². The molecule has 3 rings (SSSR count). The Labute approximate surface area is 151 Å². The molecule has 0 saturated carbocycles. The summed E-state index contributed by atoms with van der Waals surface area (Å²) in [4.78, 5) is 41.4. The van der Waals surface area contributed by atoms with Crippen molar-refractivity contribution in [3.8, 4) is 0 Å². The fourth-order valence-corrected chi connectivity index (χ4v) is 4.16. The van der Waals surface area contributed by atoms with Crippen molar-refractivity contribution < 1.29 is 14.4 Å². The molecule has 2 heterocycles. The van der Waals surface area contributed by atoms with Gasteiger partial charge in [0.2, 0.25) is 17.7 Å². The van der Waals surface area contributed by atoms with Crippen molar-refractivity contribution in [2.75, 3.05) is 31.5 Å². The van der Waals surface area contributed by atoms with Crippen molar-refractivity contribution in [1.82, 2.24) is 9.80 Å². The first-order chi connectivity index (χ1) is 12.0. The van der Waals surface area contributed by atoms with Crippen molar-refractivity contribution >= 4 is 35.2 Å². The van der Waals surface area contributed by atoms with E-state index in [1.807, 2.05) is 43.0 Å². The number of carbonyl (C=O) groups is 3. The van der Waals surface area contributed by atoms with Crippen LogP contribution in [0.2, 0.25) is 0 Å². The van der Waals surface area contributed by atoms with Gasteiger partial charge in [-0.05, 0) is 12.1 Å². The predicted molar refractivity (Wildman–Crippen MR) is 97.3 cm³/mol. The Morgan fingerprint density at radius 1 is 1.16 bits per heavy atom. The van der Waals surface area contributed by atoms with Gasteiger partial charge in [-0.1, -0.05) is 26.0 Å². The molecule has 1 saturated heterocycles. The molecule has 7 heteroatoms. The van der Waals surface area contributed by atoms with Crippen LogP contribution in [0, 0.1) is 5.92 Å². The summed E-state index contributed by atoms with van der Waals surface area (Å²) < 4.78 is 0. The van der Waals surface area contributed by atoms with Crippen LogP contribution in [0.4, 0.5) is 5.69 Å². The second kappa shape index (κ2) is 7.47. The first-order valence-corrected chi connectivity index (χ1v) is 9.47. The quantitative estimate of drug-likeness (QED) is 0.892. The molecule has 1 N–H and O–H groups in total. The molecule has 1 fully saturated rings. The van der Waals surface area contributed by atoms with Crippen LogP contribution in [0.15, 0.2) is 29.2 Å². The first-order valence-electron chi connectivity index (χ1n) is 8.59. The molecule has 1 aromatic carbocycles. The van der Waals surface area contributed by atoms with Gasteiger partial charge in [0.15, 0.2) is 0 Å². The highest BCUT2D eigenvalue weighted by Gasteiger charge is 2.32. The zero-order chi connectivity index (χ0) is 18.0. The largest absolute Gasteiger partial charge is 0.339 e. The van der Waals surface area contributed by atoms with Gasteiger partial charge in [0.05, 0.1) is 10.9 Å². The van der Waals surface area contributed by atoms with Gasteiger partial charge in [0.25, 0.3) is 0 Å². The van der Waals surface area contributed by atoms with Crippen molar-refractivity contribution in [2.24, 2.45) is 5.92 Å². The minimum atomic E-state index is -0.405. The lowest BCUT2D eigenvalue weighted by Crippen LogP contribution is -2.52. The average molecular weight is 361 g/mol. The standard InChI is InChI=1S/C18H23N3O3S/c1-12(2)18(24)21-9-7-20(8-10-21)16(22)11-15-17(23)19-13-5-3-4-6-14(13)25-15/h3-6,12,15H,7-11H2,1-2H3,(H,19,23). The molecule has 1 atom stereocenters. The van der Waals surface area contributed by atoms with Crippen LogP contribution in [0.25, 0.3) is 0 Å². The monoisotopic (exact) mass is 361 g/mol. The number of piperazine rings is 1. The number of rotatable bonds is 3. The number of thioether (sulfide) groups is 1. The molecule has 0 aromatic heterocycles. The lowest BCUT2D eigenvalue weighted by molar-refractivity contribution is -0.141. The Morgan fingerprint density at radius 3 is 2.48 bits per heavy atom. The summed E-state index contributed by atoms with van der Waals surface area (Å²) in [5.41, 5.74) is 0.807. The van der Waals surface area contributed by atoms with Crippen LogP contribution < -0.4 is 5.32 Å². The van der Waals surface area contributed by atoms with Crippen LogP contribution in [0.3, 0.4) is 0 Å². The highest BCUT2D eigenvalue weighted by atomic mass is 32.2. The van der Waals surface area contributed by atoms with E-state index in [9.17, 15) is 14.4 Å². The number of amides is 3. The molecule has 0 spiro atoms. The number of nitrogens with zero attached hydrogens (tertiary/aromatic N) is 2. The fraction of sp³-hybridized carbons (Fsp3) is 0.500. The molecule has 6 nitrogen and oxygen atoms in total. The van der Waals surface area contributed by atoms with Gasteiger partial charge >= 0.3 is 0 Å². The Hall–Kier alpha value is -2.02. The molecule has 2 aliphatic heterocycles. The van der Waals surface area contributed by atoms with E-state index in [1.165, 1.54) is 11.8 Å². The maximum atomic E-state index is 12.6. The maximum absolute atomic E-state index is 12.6. The summed E-state index contributed by atoms with van der Waals surface area (Å²) in [5, 5.41) is 2.46. The van der Waals surface area contributed by atoms with Gasteiger partial charge in [0, 0.05) is 43.4 Å². The summed E-state index contributed by atoms with van der Waals surface area (Å²) in [6.07, 6.45) is 0.183. The normalized spacial score (nSPS) is 20.3. The van der Waals surface area contributed by atoms with E-state index in [0.29, 0.717) is 26.2 Å². The van der Waals surface area contributed by atoms with E-state index in [1.54, 1.807) is 4.90 Å². The highest BCUT2D eigenvalue weighted by Crippen LogP contribution is 2.36. The minimum absolute atomic E-state index is 0.0235. The molecule has 0 aliphatic carbocycles. The second-order valence-corrected chi connectivity index (χ2v) is 7.90. The Kier molecular flexibility index (Phi) is 5.32. The average Bonchev–Trinajstić information content (AvgIpc) is 2.61. The number of hydrogen-bond acceptors (Lipinski definition) is 4. The Bertz CT molecular complexity index is 684. The molecule has 134 valence electrons. The topological polar surface area (TPSA) is 69.7 Å². The molecular formula is C18H23N3O3S. The lowest BCUT2D eigenvalue weighted by atomic mass is 10.1. The van der Waals surface area contributed by atoms with Gasteiger partial charge in [-0.15, -0.1) is 11.8 Å². The molecule has 2 aliphatic rings. The molecule has 1 aromatic rings. The maximum Gasteiger partial charge on any atom is 0.238 e. The van der Waals surface area contributed by atoms with E-state index >= 15 is 0 Å². The summed E-state index contributed by atoms with van der Waals surface area (Å²) in [7, 11) is 0.